The number of nitrogens with zero attached hydrogens (tertiary/aromatic N) is 1. The van der Waals surface area contributed by atoms with E-state index in [9.17, 15) is 9.59 Å². The summed E-state index contributed by atoms with van der Waals surface area (Å²) in [5.74, 6) is -0.672. The number of fused-ring (bicyclic) bond motifs is 1. The standard InChI is InChI=1S/C14H19N3O2/c1-2-10-4-3-5-14(17-8-6-15-7-9-17)11(10)12(18)16-13(14)19/h3-5,11,15H,2,6-9H2,1H3,(H,16,18,19). The van der Waals surface area contributed by atoms with Crippen LogP contribution in [0.2, 0.25) is 0 Å². The predicted molar refractivity (Wildman–Crippen MR) is 71.3 cm³/mol. The highest BCUT2D eigenvalue weighted by molar-refractivity contribution is 6.12. The smallest absolute Gasteiger partial charge is 0.252 e. The summed E-state index contributed by atoms with van der Waals surface area (Å²) >= 11 is 0. The minimum absolute atomic E-state index is 0.152. The van der Waals surface area contributed by atoms with Crippen molar-refractivity contribution in [1.82, 2.24) is 15.5 Å². The van der Waals surface area contributed by atoms with E-state index in [0.717, 1.165) is 38.2 Å². The molecule has 5 heteroatoms. The van der Waals surface area contributed by atoms with Gasteiger partial charge >= 0.3 is 0 Å². The minimum atomic E-state index is -0.792. The van der Waals surface area contributed by atoms with Crippen LogP contribution in [0.25, 0.3) is 0 Å². The highest BCUT2D eigenvalue weighted by Gasteiger charge is 2.58. The first-order valence-electron chi connectivity index (χ1n) is 6.89. The lowest BCUT2D eigenvalue weighted by Gasteiger charge is -2.43. The molecule has 0 spiro atoms. The Balaban J connectivity index is 2.04. The summed E-state index contributed by atoms with van der Waals surface area (Å²) in [6.45, 7) is 5.32. The Morgan fingerprint density at radius 1 is 1.37 bits per heavy atom. The maximum Gasteiger partial charge on any atom is 0.252 e. The molecule has 0 aromatic heterocycles. The number of carbonyl (C=O) groups is 2. The van der Waals surface area contributed by atoms with Crippen molar-refractivity contribution in [2.45, 2.75) is 18.9 Å². The topological polar surface area (TPSA) is 61.4 Å². The Kier molecular flexibility index (Phi) is 3.03. The van der Waals surface area contributed by atoms with Gasteiger partial charge in [-0.1, -0.05) is 30.7 Å². The Bertz CT molecular complexity index is 477. The Morgan fingerprint density at radius 3 is 2.79 bits per heavy atom. The van der Waals surface area contributed by atoms with Crippen LogP contribution in [0.5, 0.6) is 0 Å². The number of amides is 2. The van der Waals surface area contributed by atoms with Crippen molar-refractivity contribution in [3.8, 4) is 0 Å². The summed E-state index contributed by atoms with van der Waals surface area (Å²) < 4.78 is 0. The third-order valence-corrected chi connectivity index (χ3v) is 4.38. The van der Waals surface area contributed by atoms with Crippen LogP contribution in [0.4, 0.5) is 0 Å². The number of rotatable bonds is 2. The fourth-order valence-electron chi connectivity index (χ4n) is 3.44. The summed E-state index contributed by atoms with van der Waals surface area (Å²) in [5.41, 5.74) is 0.253. The minimum Gasteiger partial charge on any atom is -0.314 e. The number of imide groups is 1. The quantitative estimate of drug-likeness (QED) is 0.676. The number of carbonyl (C=O) groups excluding carboxylic acids is 2. The van der Waals surface area contributed by atoms with Gasteiger partial charge in [-0.05, 0) is 6.42 Å². The van der Waals surface area contributed by atoms with Gasteiger partial charge in [0.15, 0.2) is 0 Å². The fourth-order valence-corrected chi connectivity index (χ4v) is 3.44. The van der Waals surface area contributed by atoms with Gasteiger partial charge in [0.2, 0.25) is 5.91 Å². The Hall–Kier alpha value is -1.46. The summed E-state index contributed by atoms with van der Waals surface area (Å²) in [6.07, 6.45) is 6.60. The highest BCUT2D eigenvalue weighted by atomic mass is 16.2. The number of piperazine rings is 1. The summed E-state index contributed by atoms with van der Waals surface area (Å²) in [5, 5.41) is 5.81. The molecule has 0 radical (unpaired) electrons. The Labute approximate surface area is 112 Å². The molecule has 2 unspecified atom stereocenters. The van der Waals surface area contributed by atoms with Crippen LogP contribution < -0.4 is 10.6 Å². The number of allylic oxidation sites excluding steroid dienone is 2. The van der Waals surface area contributed by atoms with Crippen LogP contribution in [0.15, 0.2) is 23.8 Å². The second kappa shape index (κ2) is 4.58. The van der Waals surface area contributed by atoms with E-state index in [1.54, 1.807) is 0 Å². The maximum absolute atomic E-state index is 12.4. The summed E-state index contributed by atoms with van der Waals surface area (Å²) in [7, 11) is 0. The van der Waals surface area contributed by atoms with Crippen molar-refractivity contribution >= 4 is 11.8 Å². The molecule has 2 aliphatic heterocycles. The van der Waals surface area contributed by atoms with Gasteiger partial charge in [-0.15, -0.1) is 0 Å². The molecule has 102 valence electrons. The number of nitrogens with one attached hydrogen (secondary N) is 2. The molecular formula is C14H19N3O2. The van der Waals surface area contributed by atoms with Crippen molar-refractivity contribution in [1.29, 1.82) is 0 Å². The molecule has 1 aliphatic carbocycles. The molecule has 2 amide bonds. The molecule has 0 aromatic rings. The molecule has 2 N–H and O–H groups in total. The van der Waals surface area contributed by atoms with Crippen molar-refractivity contribution in [2.24, 2.45) is 5.92 Å². The van der Waals surface area contributed by atoms with E-state index >= 15 is 0 Å². The van der Waals surface area contributed by atoms with Gasteiger partial charge in [0.1, 0.15) is 5.54 Å². The van der Waals surface area contributed by atoms with Crippen molar-refractivity contribution < 1.29 is 9.59 Å². The molecule has 2 heterocycles. The van der Waals surface area contributed by atoms with Crippen LogP contribution in [-0.2, 0) is 9.59 Å². The first-order chi connectivity index (χ1) is 9.20. The monoisotopic (exact) mass is 261 g/mol. The zero-order chi connectivity index (χ0) is 13.5. The third-order valence-electron chi connectivity index (χ3n) is 4.38. The molecule has 2 saturated heterocycles. The molecule has 0 aromatic carbocycles. The van der Waals surface area contributed by atoms with Crippen LogP contribution in [0.3, 0.4) is 0 Å². The highest BCUT2D eigenvalue weighted by Crippen LogP contribution is 2.40. The van der Waals surface area contributed by atoms with E-state index in [4.69, 9.17) is 0 Å². The molecular weight excluding hydrogens is 242 g/mol. The SMILES string of the molecule is CCC1=CC=CC2(N3CCNCC3)C(=O)NC(=O)C12. The van der Waals surface area contributed by atoms with Crippen molar-refractivity contribution in [2.75, 3.05) is 26.2 Å². The van der Waals surface area contributed by atoms with Crippen LogP contribution in [0.1, 0.15) is 13.3 Å². The van der Waals surface area contributed by atoms with Gasteiger partial charge in [0.05, 0.1) is 5.92 Å². The number of hydrogen-bond acceptors (Lipinski definition) is 4. The average molecular weight is 261 g/mol. The van der Waals surface area contributed by atoms with Gasteiger partial charge in [-0.25, -0.2) is 0 Å². The normalized spacial score (nSPS) is 35.0. The zero-order valence-corrected chi connectivity index (χ0v) is 11.1. The number of hydrogen-bond donors (Lipinski definition) is 2. The van der Waals surface area contributed by atoms with Crippen molar-refractivity contribution in [3.05, 3.63) is 23.8 Å². The van der Waals surface area contributed by atoms with Crippen LogP contribution in [0, 0.1) is 5.92 Å². The maximum atomic E-state index is 12.4. The van der Waals surface area contributed by atoms with Crippen LogP contribution >= 0.6 is 0 Å². The van der Waals surface area contributed by atoms with E-state index in [0.29, 0.717) is 0 Å². The second-order valence-electron chi connectivity index (χ2n) is 5.27. The molecule has 0 saturated carbocycles. The largest absolute Gasteiger partial charge is 0.314 e. The van der Waals surface area contributed by atoms with Crippen molar-refractivity contribution in [3.63, 3.8) is 0 Å². The molecule has 5 nitrogen and oxygen atoms in total. The van der Waals surface area contributed by atoms with Gasteiger partial charge in [0.25, 0.3) is 5.91 Å². The van der Waals surface area contributed by atoms with Crippen LogP contribution in [-0.4, -0.2) is 48.4 Å². The zero-order valence-electron chi connectivity index (χ0n) is 11.1. The van der Waals surface area contributed by atoms with E-state index in [1.807, 2.05) is 25.2 Å². The van der Waals surface area contributed by atoms with E-state index in [1.165, 1.54) is 0 Å². The molecule has 2 fully saturated rings. The first-order valence-corrected chi connectivity index (χ1v) is 6.89. The molecule has 2 atom stereocenters. The third kappa shape index (κ3) is 1.69. The van der Waals surface area contributed by atoms with E-state index in [2.05, 4.69) is 15.5 Å². The Morgan fingerprint density at radius 2 is 2.11 bits per heavy atom. The second-order valence-corrected chi connectivity index (χ2v) is 5.27. The summed E-state index contributed by atoms with van der Waals surface area (Å²) in [6, 6.07) is 0. The van der Waals surface area contributed by atoms with Gasteiger partial charge in [-0.3, -0.25) is 19.8 Å². The van der Waals surface area contributed by atoms with E-state index in [-0.39, 0.29) is 17.7 Å². The average Bonchev–Trinajstić information content (AvgIpc) is 2.72. The van der Waals surface area contributed by atoms with Gasteiger partial charge in [0, 0.05) is 26.2 Å². The van der Waals surface area contributed by atoms with Gasteiger partial charge < -0.3 is 5.32 Å². The lowest BCUT2D eigenvalue weighted by molar-refractivity contribution is -0.129. The molecule has 3 aliphatic rings. The first kappa shape index (κ1) is 12.6. The van der Waals surface area contributed by atoms with E-state index < -0.39 is 5.54 Å². The fraction of sp³-hybridized carbons (Fsp3) is 0.571. The molecule has 19 heavy (non-hydrogen) atoms. The lowest BCUT2D eigenvalue weighted by atomic mass is 9.75. The lowest BCUT2D eigenvalue weighted by Crippen LogP contribution is -2.62. The molecule has 0 bridgehead atoms. The van der Waals surface area contributed by atoms with Gasteiger partial charge in [-0.2, -0.15) is 0 Å². The molecule has 3 rings (SSSR count). The predicted octanol–water partition coefficient (Wildman–Crippen LogP) is -0.191. The summed E-state index contributed by atoms with van der Waals surface area (Å²) in [4.78, 5) is 26.8.